The van der Waals surface area contributed by atoms with Crippen LogP contribution in [0.1, 0.15) is 19.4 Å². The normalized spacial score (nSPS) is 14.7. The molecule has 7 nitrogen and oxygen atoms in total. The largest absolute Gasteiger partial charge is 0.383 e. The molecular weight excluding hydrogens is 477 g/mol. The second-order valence-electron chi connectivity index (χ2n) is 6.16. The highest BCUT2D eigenvalue weighted by molar-refractivity contribution is 14.0. The number of rotatable bonds is 8. The maximum Gasteiger partial charge on any atom is 0.191 e. The minimum absolute atomic E-state index is 0. The van der Waals surface area contributed by atoms with Crippen molar-refractivity contribution < 1.29 is 9.32 Å². The molecule has 1 aromatic heterocycles. The van der Waals surface area contributed by atoms with Gasteiger partial charge in [0.15, 0.2) is 5.96 Å². The summed E-state index contributed by atoms with van der Waals surface area (Å²) in [6.07, 6.45) is 3.41. The first-order valence-electron chi connectivity index (χ1n) is 8.59. The van der Waals surface area contributed by atoms with Crippen molar-refractivity contribution in [2.45, 2.75) is 24.3 Å². The number of nitrogens with one attached hydrogen (secondary N) is 2. The summed E-state index contributed by atoms with van der Waals surface area (Å²) in [5.74, 6) is 1.06. The molecule has 0 fully saturated rings. The van der Waals surface area contributed by atoms with E-state index in [4.69, 9.17) is 0 Å². The lowest BCUT2D eigenvalue weighted by Gasteiger charge is -2.20. The summed E-state index contributed by atoms with van der Waals surface area (Å²) in [7, 11) is 0.749. The Morgan fingerprint density at radius 1 is 1.33 bits per heavy atom. The first-order valence-corrected chi connectivity index (χ1v) is 9.91. The Bertz CT molecular complexity index is 749. The van der Waals surface area contributed by atoms with E-state index < -0.39 is 16.4 Å². The number of hydrogen-bond donors (Lipinski definition) is 3. The number of aromatic nitrogens is 2. The first-order chi connectivity index (χ1) is 12.4. The van der Waals surface area contributed by atoms with E-state index in [9.17, 15) is 9.32 Å². The van der Waals surface area contributed by atoms with E-state index in [2.05, 4.69) is 20.7 Å². The third-order valence-electron chi connectivity index (χ3n) is 3.80. The molecule has 27 heavy (non-hydrogen) atoms. The zero-order valence-electron chi connectivity index (χ0n) is 15.9. The van der Waals surface area contributed by atoms with E-state index in [-0.39, 0.29) is 30.5 Å². The summed E-state index contributed by atoms with van der Waals surface area (Å²) in [6.45, 7) is 5.08. The van der Waals surface area contributed by atoms with Crippen LogP contribution >= 0.6 is 24.0 Å². The number of halogens is 1. The Hall–Kier alpha value is -1.46. The van der Waals surface area contributed by atoms with Crippen molar-refractivity contribution in [2.75, 3.05) is 25.4 Å². The van der Waals surface area contributed by atoms with Gasteiger partial charge in [0.25, 0.3) is 0 Å². The van der Waals surface area contributed by atoms with E-state index in [0.29, 0.717) is 30.4 Å². The van der Waals surface area contributed by atoms with Crippen molar-refractivity contribution in [1.82, 2.24) is 20.4 Å². The van der Waals surface area contributed by atoms with Crippen molar-refractivity contribution >= 4 is 40.7 Å². The van der Waals surface area contributed by atoms with E-state index in [1.807, 2.05) is 37.3 Å². The number of benzene rings is 1. The number of nitrogens with zero attached hydrogens (tertiary/aromatic N) is 3. The number of hydrogen-bond acceptors (Lipinski definition) is 4. The monoisotopic (exact) mass is 505 g/mol. The number of aliphatic imine (C=N–C) groups is 1. The van der Waals surface area contributed by atoms with Gasteiger partial charge < -0.3 is 15.7 Å². The highest BCUT2D eigenvalue weighted by Gasteiger charge is 2.24. The quantitative estimate of drug-likeness (QED) is 0.288. The predicted molar refractivity (Wildman–Crippen MR) is 120 cm³/mol. The van der Waals surface area contributed by atoms with Crippen LogP contribution in [0.3, 0.4) is 0 Å². The number of aryl methyl sites for hydroxylation is 1. The second kappa shape index (κ2) is 11.4. The van der Waals surface area contributed by atoms with Gasteiger partial charge in [-0.25, -0.2) is 4.99 Å². The maximum atomic E-state index is 12.3. The lowest BCUT2D eigenvalue weighted by atomic mass is 10.0. The van der Waals surface area contributed by atoms with Crippen molar-refractivity contribution in [3.63, 3.8) is 0 Å². The molecule has 150 valence electrons. The summed E-state index contributed by atoms with van der Waals surface area (Å²) in [6, 6.07) is 9.39. The van der Waals surface area contributed by atoms with Gasteiger partial charge in [0.2, 0.25) is 0 Å². The molecule has 0 saturated heterocycles. The van der Waals surface area contributed by atoms with Crippen LogP contribution in [0.4, 0.5) is 0 Å². The Morgan fingerprint density at radius 2 is 2.04 bits per heavy atom. The zero-order chi connectivity index (χ0) is 19.0. The predicted octanol–water partition coefficient (Wildman–Crippen LogP) is 1.61. The molecular formula is C18H28IN5O2S. The van der Waals surface area contributed by atoms with E-state index in [0.717, 1.165) is 4.90 Å². The molecule has 2 atom stereocenters. The van der Waals surface area contributed by atoms with Gasteiger partial charge >= 0.3 is 0 Å². The molecule has 0 aliphatic heterocycles. The van der Waals surface area contributed by atoms with Crippen LogP contribution in [-0.2, 0) is 23.4 Å². The number of aliphatic hydroxyl groups is 1. The Morgan fingerprint density at radius 3 is 2.63 bits per heavy atom. The summed E-state index contributed by atoms with van der Waals surface area (Å²) < 4.78 is 13.9. The lowest BCUT2D eigenvalue weighted by Crippen LogP contribution is -2.40. The highest BCUT2D eigenvalue weighted by Crippen LogP contribution is 2.19. The van der Waals surface area contributed by atoms with E-state index >= 15 is 0 Å². The van der Waals surface area contributed by atoms with Crippen molar-refractivity contribution in [2.24, 2.45) is 12.0 Å². The third kappa shape index (κ3) is 7.59. The molecule has 0 saturated carbocycles. The topological polar surface area (TPSA) is 91.5 Å². The second-order valence-corrected chi connectivity index (χ2v) is 7.73. The summed E-state index contributed by atoms with van der Waals surface area (Å²) in [4.78, 5) is 5.26. The van der Waals surface area contributed by atoms with Crippen LogP contribution in [-0.4, -0.2) is 50.4 Å². The van der Waals surface area contributed by atoms with Crippen LogP contribution in [0.25, 0.3) is 0 Å². The van der Waals surface area contributed by atoms with Gasteiger partial charge in [0.05, 0.1) is 23.5 Å². The number of guanidine groups is 1. The highest BCUT2D eigenvalue weighted by atomic mass is 127. The zero-order valence-corrected chi connectivity index (χ0v) is 19.0. The average molecular weight is 505 g/mol. The molecule has 0 spiro atoms. The van der Waals surface area contributed by atoms with Crippen LogP contribution in [0.5, 0.6) is 0 Å². The van der Waals surface area contributed by atoms with Gasteiger partial charge in [0, 0.05) is 42.5 Å². The minimum atomic E-state index is -1.11. The fourth-order valence-corrected chi connectivity index (χ4v) is 3.30. The molecule has 9 heteroatoms. The van der Waals surface area contributed by atoms with Crippen LogP contribution in [0, 0.1) is 0 Å². The van der Waals surface area contributed by atoms with Gasteiger partial charge in [-0.1, -0.05) is 18.2 Å². The molecule has 0 amide bonds. The lowest BCUT2D eigenvalue weighted by molar-refractivity contribution is 0.0672. The molecule has 1 aromatic carbocycles. The van der Waals surface area contributed by atoms with Gasteiger partial charge in [-0.15, -0.1) is 24.0 Å². The average Bonchev–Trinajstić information content (AvgIpc) is 3.08. The van der Waals surface area contributed by atoms with Gasteiger partial charge in [0.1, 0.15) is 5.60 Å². The summed E-state index contributed by atoms with van der Waals surface area (Å²) in [5.41, 5.74) is -0.395. The minimum Gasteiger partial charge on any atom is -0.383 e. The smallest absolute Gasteiger partial charge is 0.191 e. The SMILES string of the molecule is CCNC(=NCC(C)(O)c1cnn(C)c1)NCCS(=O)c1ccccc1.I. The standard InChI is InChI=1S/C18H27N5O2S.HI/c1-4-19-17(20-10-11-26(25)16-8-6-5-7-9-16)21-14-18(2,24)15-12-22-23(3)13-15;/h5-9,12-13,24H,4,10-11,14H2,1-3H3,(H2,19,20,21);1H. The Balaban J connectivity index is 0.00000364. The fraction of sp³-hybridized carbons (Fsp3) is 0.444. The van der Waals surface area contributed by atoms with Crippen LogP contribution < -0.4 is 10.6 Å². The Labute approximate surface area is 180 Å². The molecule has 0 radical (unpaired) electrons. The molecule has 3 N–H and O–H groups in total. The van der Waals surface area contributed by atoms with Gasteiger partial charge in [-0.3, -0.25) is 8.89 Å². The summed E-state index contributed by atoms with van der Waals surface area (Å²) in [5, 5.41) is 21.0. The van der Waals surface area contributed by atoms with Crippen molar-refractivity contribution in [1.29, 1.82) is 0 Å². The maximum absolute atomic E-state index is 12.3. The molecule has 0 aliphatic rings. The van der Waals surface area contributed by atoms with Crippen LogP contribution in [0.15, 0.2) is 52.6 Å². The van der Waals surface area contributed by atoms with Crippen molar-refractivity contribution in [3.8, 4) is 0 Å². The van der Waals surface area contributed by atoms with Gasteiger partial charge in [-0.05, 0) is 26.0 Å². The van der Waals surface area contributed by atoms with Gasteiger partial charge in [-0.2, -0.15) is 5.10 Å². The van der Waals surface area contributed by atoms with Crippen LogP contribution in [0.2, 0.25) is 0 Å². The molecule has 0 bridgehead atoms. The third-order valence-corrected chi connectivity index (χ3v) is 5.17. The van der Waals surface area contributed by atoms with Crippen molar-refractivity contribution in [3.05, 3.63) is 48.3 Å². The molecule has 2 unspecified atom stereocenters. The summed E-state index contributed by atoms with van der Waals surface area (Å²) >= 11 is 0. The molecule has 2 aromatic rings. The molecule has 2 rings (SSSR count). The fourth-order valence-electron chi connectivity index (χ4n) is 2.32. The Kier molecular flexibility index (Phi) is 9.95. The molecule has 0 aliphatic carbocycles. The van der Waals surface area contributed by atoms with E-state index in [1.54, 1.807) is 31.0 Å². The molecule has 1 heterocycles. The van der Waals surface area contributed by atoms with E-state index in [1.165, 1.54) is 0 Å². The first kappa shape index (κ1) is 23.6.